The number of fused-ring (bicyclic) bond motifs is 1. The maximum atomic E-state index is 11.8. The average molecular weight is 327 g/mol. The number of thioether (sulfide) groups is 1. The molecule has 0 radical (unpaired) electrons. The Morgan fingerprint density at radius 3 is 2.95 bits per heavy atom. The number of benzene rings is 1. The Hall–Kier alpha value is -1.50. The van der Waals surface area contributed by atoms with E-state index in [4.69, 9.17) is 23.2 Å². The van der Waals surface area contributed by atoms with E-state index in [0.717, 1.165) is 5.56 Å². The largest absolute Gasteiger partial charge is 0.301 e. The number of hydrogen-bond donors (Lipinski definition) is 2. The summed E-state index contributed by atoms with van der Waals surface area (Å²) < 4.78 is 0. The molecule has 0 saturated carbocycles. The fourth-order valence-corrected chi connectivity index (χ4v) is 3.10. The van der Waals surface area contributed by atoms with Crippen molar-refractivity contribution in [1.82, 2.24) is 20.2 Å². The fourth-order valence-electron chi connectivity index (χ4n) is 1.68. The number of H-pyrrole nitrogens is 2. The van der Waals surface area contributed by atoms with Gasteiger partial charge >= 0.3 is 0 Å². The van der Waals surface area contributed by atoms with Crippen LogP contribution in [0.4, 0.5) is 0 Å². The second-order valence-electron chi connectivity index (χ2n) is 4.03. The molecule has 0 atom stereocenters. The van der Waals surface area contributed by atoms with Gasteiger partial charge in [-0.15, -0.1) is 0 Å². The summed E-state index contributed by atoms with van der Waals surface area (Å²) in [5, 5.41) is 8.61. The molecular formula is C12H8Cl2N4OS. The Bertz CT molecular complexity index is 830. The predicted octanol–water partition coefficient (Wildman–Crippen LogP) is 3.25. The van der Waals surface area contributed by atoms with Crippen LogP contribution < -0.4 is 5.56 Å². The smallest absolute Gasteiger partial charge is 0.262 e. The molecule has 0 saturated heterocycles. The van der Waals surface area contributed by atoms with Gasteiger partial charge in [-0.1, -0.05) is 41.0 Å². The molecule has 20 heavy (non-hydrogen) atoms. The quantitative estimate of drug-likeness (QED) is 0.572. The van der Waals surface area contributed by atoms with Crippen LogP contribution in [-0.4, -0.2) is 20.2 Å². The molecule has 1 aromatic carbocycles. The van der Waals surface area contributed by atoms with Crippen molar-refractivity contribution in [2.75, 3.05) is 0 Å². The third-order valence-electron chi connectivity index (χ3n) is 2.68. The van der Waals surface area contributed by atoms with E-state index < -0.39 is 0 Å². The van der Waals surface area contributed by atoms with Crippen LogP contribution in [0.3, 0.4) is 0 Å². The molecule has 0 aliphatic rings. The molecule has 0 fully saturated rings. The van der Waals surface area contributed by atoms with E-state index in [0.29, 0.717) is 32.0 Å². The molecule has 0 aliphatic heterocycles. The molecule has 8 heteroatoms. The number of halogens is 2. The maximum Gasteiger partial charge on any atom is 0.262 e. The molecule has 0 bridgehead atoms. The van der Waals surface area contributed by atoms with Crippen LogP contribution in [-0.2, 0) is 5.75 Å². The van der Waals surface area contributed by atoms with E-state index in [1.54, 1.807) is 12.1 Å². The van der Waals surface area contributed by atoms with Gasteiger partial charge in [0, 0.05) is 15.8 Å². The van der Waals surface area contributed by atoms with Crippen molar-refractivity contribution in [3.05, 3.63) is 50.4 Å². The first kappa shape index (κ1) is 13.5. The highest BCUT2D eigenvalue weighted by atomic mass is 35.5. The monoisotopic (exact) mass is 326 g/mol. The number of rotatable bonds is 3. The predicted molar refractivity (Wildman–Crippen MR) is 80.5 cm³/mol. The van der Waals surface area contributed by atoms with Crippen molar-refractivity contribution in [2.24, 2.45) is 0 Å². The van der Waals surface area contributed by atoms with E-state index in [1.807, 2.05) is 6.07 Å². The Morgan fingerprint density at radius 2 is 2.15 bits per heavy atom. The van der Waals surface area contributed by atoms with E-state index in [2.05, 4.69) is 20.2 Å². The van der Waals surface area contributed by atoms with Crippen molar-refractivity contribution in [1.29, 1.82) is 0 Å². The van der Waals surface area contributed by atoms with Crippen LogP contribution in [0.15, 0.2) is 34.3 Å². The second kappa shape index (κ2) is 5.47. The summed E-state index contributed by atoms with van der Waals surface area (Å²) in [7, 11) is 0. The molecular weight excluding hydrogens is 319 g/mol. The number of aromatic nitrogens is 4. The summed E-state index contributed by atoms with van der Waals surface area (Å²) in [6.45, 7) is 0. The van der Waals surface area contributed by atoms with Gasteiger partial charge in [0.15, 0.2) is 10.8 Å². The lowest BCUT2D eigenvalue weighted by Gasteiger charge is -2.04. The van der Waals surface area contributed by atoms with E-state index in [1.165, 1.54) is 18.0 Å². The van der Waals surface area contributed by atoms with Gasteiger partial charge in [-0.3, -0.25) is 9.89 Å². The number of nitrogens with zero attached hydrogens (tertiary/aromatic N) is 2. The van der Waals surface area contributed by atoms with Crippen molar-refractivity contribution in [2.45, 2.75) is 10.9 Å². The van der Waals surface area contributed by atoms with Gasteiger partial charge < -0.3 is 4.98 Å². The highest BCUT2D eigenvalue weighted by Gasteiger charge is 2.07. The first-order valence-electron chi connectivity index (χ1n) is 5.63. The van der Waals surface area contributed by atoms with Gasteiger partial charge in [-0.05, 0) is 17.7 Å². The SMILES string of the molecule is O=c1[nH]c(SCc2ccc(Cl)cc2Cl)nc2[nH]ncc12. The third-order valence-corrected chi connectivity index (χ3v) is 4.19. The Kier molecular flexibility index (Phi) is 3.69. The normalized spacial score (nSPS) is 11.1. The topological polar surface area (TPSA) is 74.4 Å². The summed E-state index contributed by atoms with van der Waals surface area (Å²) in [6.07, 6.45) is 1.45. The zero-order valence-corrected chi connectivity index (χ0v) is 12.3. The van der Waals surface area contributed by atoms with Gasteiger partial charge in [0.1, 0.15) is 5.39 Å². The molecule has 2 heterocycles. The number of nitrogens with one attached hydrogen (secondary N) is 2. The lowest BCUT2D eigenvalue weighted by molar-refractivity contribution is 0.958. The zero-order valence-electron chi connectivity index (χ0n) is 9.98. The molecule has 0 spiro atoms. The minimum Gasteiger partial charge on any atom is -0.301 e. The van der Waals surface area contributed by atoms with Crippen LogP contribution in [0.25, 0.3) is 11.0 Å². The zero-order chi connectivity index (χ0) is 14.1. The lowest BCUT2D eigenvalue weighted by atomic mass is 10.2. The minimum absolute atomic E-state index is 0.214. The van der Waals surface area contributed by atoms with Gasteiger partial charge in [-0.25, -0.2) is 4.98 Å². The highest BCUT2D eigenvalue weighted by molar-refractivity contribution is 7.98. The molecule has 0 unspecified atom stereocenters. The van der Waals surface area contributed by atoms with Gasteiger partial charge in [0.05, 0.1) is 6.20 Å². The average Bonchev–Trinajstić information content (AvgIpc) is 2.86. The molecule has 102 valence electrons. The third kappa shape index (κ3) is 2.67. The van der Waals surface area contributed by atoms with Crippen LogP contribution >= 0.6 is 35.0 Å². The minimum atomic E-state index is -0.214. The first-order valence-corrected chi connectivity index (χ1v) is 7.38. The first-order chi connectivity index (χ1) is 9.63. The standard InChI is InChI=1S/C12H8Cl2N4OS/c13-7-2-1-6(9(14)3-7)5-20-12-16-10-8(4-15-18-10)11(19)17-12/h1-4H,5H2,(H2,15,16,17,18,19). The van der Waals surface area contributed by atoms with Crippen LogP contribution in [0.1, 0.15) is 5.56 Å². The van der Waals surface area contributed by atoms with Crippen LogP contribution in [0.5, 0.6) is 0 Å². The van der Waals surface area contributed by atoms with Crippen molar-refractivity contribution >= 4 is 46.0 Å². The van der Waals surface area contributed by atoms with Crippen LogP contribution in [0.2, 0.25) is 10.0 Å². The Labute approximate surface area is 127 Å². The Morgan fingerprint density at radius 1 is 1.30 bits per heavy atom. The van der Waals surface area contributed by atoms with Crippen molar-refractivity contribution in [3.8, 4) is 0 Å². The summed E-state index contributed by atoms with van der Waals surface area (Å²) >= 11 is 13.3. The van der Waals surface area contributed by atoms with Crippen molar-refractivity contribution < 1.29 is 0 Å². The molecule has 3 rings (SSSR count). The molecule has 0 amide bonds. The molecule has 2 N–H and O–H groups in total. The summed E-state index contributed by atoms with van der Waals surface area (Å²) in [5.74, 6) is 0.582. The second-order valence-corrected chi connectivity index (χ2v) is 5.84. The van der Waals surface area contributed by atoms with E-state index >= 15 is 0 Å². The maximum absolute atomic E-state index is 11.8. The molecule has 5 nitrogen and oxygen atoms in total. The Balaban J connectivity index is 1.84. The molecule has 0 aliphatic carbocycles. The van der Waals surface area contributed by atoms with Gasteiger partial charge in [-0.2, -0.15) is 5.10 Å². The van der Waals surface area contributed by atoms with Crippen LogP contribution in [0, 0.1) is 0 Å². The van der Waals surface area contributed by atoms with Gasteiger partial charge in [0.2, 0.25) is 0 Å². The lowest BCUT2D eigenvalue weighted by Crippen LogP contribution is -2.08. The van der Waals surface area contributed by atoms with Gasteiger partial charge in [0.25, 0.3) is 5.56 Å². The fraction of sp³-hybridized carbons (Fsp3) is 0.0833. The van der Waals surface area contributed by atoms with Crippen molar-refractivity contribution in [3.63, 3.8) is 0 Å². The number of aromatic amines is 2. The molecule has 2 aromatic heterocycles. The summed E-state index contributed by atoms with van der Waals surface area (Å²) in [6, 6.07) is 5.31. The van der Waals surface area contributed by atoms with E-state index in [-0.39, 0.29) is 5.56 Å². The molecule has 3 aromatic rings. The number of hydrogen-bond acceptors (Lipinski definition) is 4. The summed E-state index contributed by atoms with van der Waals surface area (Å²) in [4.78, 5) is 18.8. The highest BCUT2D eigenvalue weighted by Crippen LogP contribution is 2.26. The van der Waals surface area contributed by atoms with E-state index in [9.17, 15) is 4.79 Å². The summed E-state index contributed by atoms with van der Waals surface area (Å²) in [5.41, 5.74) is 1.18.